The summed E-state index contributed by atoms with van der Waals surface area (Å²) in [5.74, 6) is -0.766. The fraction of sp³-hybridized carbons (Fsp3) is 0.372. The van der Waals surface area contributed by atoms with Gasteiger partial charge in [-0.2, -0.15) is 0 Å². The Balaban J connectivity index is 0.688. The molecule has 26 heteroatoms. The Labute approximate surface area is 605 Å². The molecule has 0 saturated carbocycles. The van der Waals surface area contributed by atoms with E-state index >= 15 is 0 Å². The van der Waals surface area contributed by atoms with E-state index in [4.69, 9.17) is 61.2 Å². The molecule has 7 aromatic rings. The number of nitrogen functional groups attached to an aromatic ring is 2. The van der Waals surface area contributed by atoms with Gasteiger partial charge in [0.25, 0.3) is 0 Å². The number of likely N-dealkylation sites (tertiary alicyclic amines) is 1. The van der Waals surface area contributed by atoms with E-state index in [1.165, 1.54) is 0 Å². The number of amidine groups is 2. The Hall–Kier alpha value is -10.5. The minimum absolute atomic E-state index is 0.0391. The number of methoxy groups -OCH3 is 1. The highest BCUT2D eigenvalue weighted by Crippen LogP contribution is 2.64. The summed E-state index contributed by atoms with van der Waals surface area (Å²) >= 11 is 0. The molecule has 546 valence electrons. The summed E-state index contributed by atoms with van der Waals surface area (Å²) in [5.41, 5.74) is 21.2. The molecule has 1 fully saturated rings. The number of carbonyl (C=O) groups is 7. The van der Waals surface area contributed by atoms with Gasteiger partial charge in [0.2, 0.25) is 23.6 Å². The second-order valence-electron chi connectivity index (χ2n) is 26.7. The van der Waals surface area contributed by atoms with Crippen LogP contribution in [0, 0.1) is 16.7 Å². The fourth-order valence-corrected chi connectivity index (χ4v) is 14.4. The first kappa shape index (κ1) is 74.7. The quantitative estimate of drug-likeness (QED) is 0.00443. The summed E-state index contributed by atoms with van der Waals surface area (Å²) in [7, 11) is 6.17. The molecule has 2 heterocycles. The van der Waals surface area contributed by atoms with E-state index in [0.29, 0.717) is 127 Å². The zero-order valence-corrected chi connectivity index (χ0v) is 59.5. The standard InChI is InChI=1S/C78H90N11O14P/c1-89-38-34-78-59-27-31-65(70(78)103-69-64(97-2)30-20-52(68(69)78)45-63(59)89)102-77(96)62(29-33-67(91)85-36-6-8-40-99-56-23-16-47(17-24-56)76(95)101-58-26-19-49-42-54(72(82)83)13-11-51(49)44-58)88-74(93)61(87-73(92)60(79)9-3-4-37-86-104)28-32-66(90)84-35-5-7-39-98-55-21-14-46(15-22-55)75(94)100-57-25-18-48-41-53(71(80)81)12-10-50(48)43-57/h10-26,30-31,41-44,59-63,70,86H,3-9,27-29,32-40,45,79,104H2,1-2H3,(H3,80,81)(H3,82,83)(H,84,90)(H,85,91)(H,87,92)(H,88,93)/t59-,60-,61?,62?,63+,70-,78-/m0/s1. The highest BCUT2D eigenvalue weighted by atomic mass is 31.0. The van der Waals surface area contributed by atoms with E-state index in [1.807, 2.05) is 24.3 Å². The highest BCUT2D eigenvalue weighted by Gasteiger charge is 2.65. The molecule has 4 aliphatic rings. The monoisotopic (exact) mass is 1440 g/mol. The largest absolute Gasteiger partial charge is 0.494 e. The van der Waals surface area contributed by atoms with Crippen LogP contribution in [0.25, 0.3) is 21.5 Å². The normalized spacial score (nSPS) is 17.7. The molecule has 7 aromatic carbocycles. The van der Waals surface area contributed by atoms with Crippen molar-refractivity contribution in [3.63, 3.8) is 0 Å². The molecular formula is C78H90N11O14P. The van der Waals surface area contributed by atoms with Crippen LogP contribution < -0.4 is 72.0 Å². The molecule has 0 aromatic heterocycles. The molecular weight excluding hydrogens is 1350 g/mol. The molecule has 0 radical (unpaired) electrons. The lowest BCUT2D eigenvalue weighted by Crippen LogP contribution is -2.63. The molecule has 13 N–H and O–H groups in total. The molecule has 11 rings (SSSR count). The summed E-state index contributed by atoms with van der Waals surface area (Å²) in [4.78, 5) is 99.2. The van der Waals surface area contributed by atoms with Crippen molar-refractivity contribution in [3.8, 4) is 34.5 Å². The third kappa shape index (κ3) is 18.1. The number of unbranched alkanes of at least 4 members (excludes halogenated alkanes) is 3. The Morgan fingerprint density at radius 2 is 1.12 bits per heavy atom. The molecule has 2 aliphatic carbocycles. The smallest absolute Gasteiger partial charge is 0.343 e. The maximum absolute atomic E-state index is 14.9. The van der Waals surface area contributed by atoms with Gasteiger partial charge in [-0.3, -0.25) is 30.0 Å². The van der Waals surface area contributed by atoms with Crippen LogP contribution in [-0.2, 0) is 40.5 Å². The number of esters is 3. The Morgan fingerprint density at radius 1 is 0.606 bits per heavy atom. The van der Waals surface area contributed by atoms with Crippen LogP contribution in [-0.4, -0.2) is 142 Å². The maximum atomic E-state index is 14.9. The lowest BCUT2D eigenvalue weighted by atomic mass is 9.53. The van der Waals surface area contributed by atoms with Gasteiger partial charge < -0.3 is 81.6 Å². The SMILES string of the molecule is COc1ccc2c3c1O[C@H]1C(OC(=O)C(CCC(=O)NCCCCOc4ccc(C(=O)Oc5ccc6cc(C(=N)N)ccc6c5)cc4)NC(=O)C(CCC(=O)NCCCCOc4ccc(C(=O)Oc5ccc6cc(C(=N)N)ccc6c5)cc4)NC(=O)[C@@H](N)CCCCNP)=CC[C@H]4[C@@H](C2)N(C)CC[C@]314. The van der Waals surface area contributed by atoms with Crippen molar-refractivity contribution < 1.29 is 66.7 Å². The highest BCUT2D eigenvalue weighted by molar-refractivity contribution is 7.13. The van der Waals surface area contributed by atoms with Crippen LogP contribution in [0.15, 0.2) is 145 Å². The van der Waals surface area contributed by atoms with E-state index in [-0.39, 0.29) is 62.4 Å². The first-order valence-corrected chi connectivity index (χ1v) is 35.9. The molecule has 3 unspecified atom stereocenters. The van der Waals surface area contributed by atoms with Crippen LogP contribution in [0.5, 0.6) is 34.5 Å². The van der Waals surface area contributed by atoms with Gasteiger partial charge in [-0.05, 0) is 221 Å². The summed E-state index contributed by atoms with van der Waals surface area (Å²) in [6.45, 7) is 2.63. The number of amides is 4. The van der Waals surface area contributed by atoms with Crippen LogP contribution in [0.3, 0.4) is 0 Å². The molecule has 4 amide bonds. The van der Waals surface area contributed by atoms with Gasteiger partial charge in [0.15, 0.2) is 17.6 Å². The van der Waals surface area contributed by atoms with E-state index in [1.54, 1.807) is 116 Å². The van der Waals surface area contributed by atoms with Crippen LogP contribution in [0.4, 0.5) is 0 Å². The number of rotatable bonds is 36. The summed E-state index contributed by atoms with van der Waals surface area (Å²) in [6.07, 6.45) is 6.46. The molecule has 104 heavy (non-hydrogen) atoms. The first-order valence-electron chi connectivity index (χ1n) is 35.3. The zero-order chi connectivity index (χ0) is 73.4. The van der Waals surface area contributed by atoms with Crippen LogP contribution >= 0.6 is 9.39 Å². The van der Waals surface area contributed by atoms with Crippen LogP contribution in [0.1, 0.15) is 126 Å². The number of nitrogens with two attached hydrogens (primary N) is 3. The minimum atomic E-state index is -1.41. The molecule has 1 spiro atoms. The zero-order valence-electron chi connectivity index (χ0n) is 58.4. The Kier molecular flexibility index (Phi) is 24.9. The van der Waals surface area contributed by atoms with Crippen molar-refractivity contribution in [1.29, 1.82) is 10.8 Å². The Morgan fingerprint density at radius 3 is 1.66 bits per heavy atom. The van der Waals surface area contributed by atoms with E-state index in [9.17, 15) is 33.6 Å². The average Bonchev–Trinajstić information content (AvgIpc) is 1.48. The average molecular weight is 1440 g/mol. The fourth-order valence-electron chi connectivity index (χ4n) is 14.2. The summed E-state index contributed by atoms with van der Waals surface area (Å²) in [5, 5.41) is 33.1. The summed E-state index contributed by atoms with van der Waals surface area (Å²) < 4.78 is 42.3. The van der Waals surface area contributed by atoms with Crippen LogP contribution in [0.2, 0.25) is 0 Å². The van der Waals surface area contributed by atoms with E-state index in [0.717, 1.165) is 58.5 Å². The molecule has 8 atom stereocenters. The van der Waals surface area contributed by atoms with Crippen molar-refractivity contribution in [2.24, 2.45) is 23.1 Å². The molecule has 1 saturated heterocycles. The molecule has 2 bridgehead atoms. The van der Waals surface area contributed by atoms with Crippen molar-refractivity contribution in [2.45, 2.75) is 126 Å². The van der Waals surface area contributed by atoms with Crippen molar-refractivity contribution in [1.82, 2.24) is 31.3 Å². The number of hydrogen-bond acceptors (Lipinski definition) is 19. The second-order valence-corrected chi connectivity index (χ2v) is 27.1. The lowest BCUT2D eigenvalue weighted by molar-refractivity contribution is -0.147. The minimum Gasteiger partial charge on any atom is -0.494 e. The van der Waals surface area contributed by atoms with Crippen molar-refractivity contribution in [2.75, 3.05) is 53.6 Å². The second kappa shape index (κ2) is 34.7. The van der Waals surface area contributed by atoms with Gasteiger partial charge in [0, 0.05) is 54.1 Å². The van der Waals surface area contributed by atoms with Gasteiger partial charge in [0.05, 0.1) is 37.5 Å². The topological polar surface area (TPSA) is 373 Å². The van der Waals surface area contributed by atoms with Gasteiger partial charge in [-0.25, -0.2) is 14.4 Å². The molecule has 2 aliphatic heterocycles. The Bertz CT molecular complexity index is 4380. The molecule has 25 nitrogen and oxygen atoms in total. The van der Waals surface area contributed by atoms with Gasteiger partial charge in [-0.1, -0.05) is 58.3 Å². The van der Waals surface area contributed by atoms with Gasteiger partial charge in [-0.15, -0.1) is 0 Å². The number of carbonyl (C=O) groups excluding carboxylic acids is 7. The predicted octanol–water partition coefficient (Wildman–Crippen LogP) is 8.07. The van der Waals surface area contributed by atoms with E-state index < -0.39 is 71.2 Å². The van der Waals surface area contributed by atoms with E-state index in [2.05, 4.69) is 53.8 Å². The maximum Gasteiger partial charge on any atom is 0.343 e. The first-order chi connectivity index (χ1) is 50.3. The number of allylic oxidation sites excluding steroid dienone is 1. The number of ether oxygens (including phenoxy) is 7. The lowest BCUT2D eigenvalue weighted by Gasteiger charge is -2.56. The predicted molar refractivity (Wildman–Crippen MR) is 396 cm³/mol. The van der Waals surface area contributed by atoms with Gasteiger partial charge in [0.1, 0.15) is 52.5 Å². The van der Waals surface area contributed by atoms with Crippen molar-refractivity contribution >= 4 is 84.1 Å². The number of piperidine rings is 1. The van der Waals surface area contributed by atoms with Crippen molar-refractivity contribution in [3.05, 3.63) is 179 Å². The number of nitrogens with zero attached hydrogens (tertiary/aromatic N) is 1. The third-order valence-electron chi connectivity index (χ3n) is 19.8. The van der Waals surface area contributed by atoms with Gasteiger partial charge >= 0.3 is 17.9 Å². The third-order valence-corrected chi connectivity index (χ3v) is 20.1. The number of hydrogen-bond donors (Lipinski definition) is 10. The summed E-state index contributed by atoms with van der Waals surface area (Å²) in [6, 6.07) is 34.7. The number of nitrogens with one attached hydrogen (secondary N) is 7. The number of benzene rings is 7. The number of fused-ring (bicyclic) bond motifs is 2. The number of likely N-dealkylation sites (N-methyl/N-ethyl adjacent to an activating group) is 1.